The van der Waals surface area contributed by atoms with Gasteiger partial charge in [0.15, 0.2) is 11.5 Å². The Bertz CT molecular complexity index is 1150. The van der Waals surface area contributed by atoms with Crippen molar-refractivity contribution >= 4 is 22.7 Å². The number of aromatic nitrogens is 1. The van der Waals surface area contributed by atoms with Crippen molar-refractivity contribution in [2.24, 2.45) is 0 Å². The van der Waals surface area contributed by atoms with Crippen LogP contribution in [0.4, 0.5) is 5.69 Å². The molecule has 1 aromatic heterocycles. The largest absolute Gasteiger partial charge is 0.494 e. The van der Waals surface area contributed by atoms with Crippen LogP contribution in [0.15, 0.2) is 65.1 Å². The minimum absolute atomic E-state index is 0.172. The molecular formula is C25H24N2O3. The van der Waals surface area contributed by atoms with Crippen molar-refractivity contribution < 1.29 is 13.9 Å². The van der Waals surface area contributed by atoms with E-state index in [9.17, 15) is 4.79 Å². The molecule has 152 valence electrons. The number of carbonyl (C=O) groups excluding carboxylic acids is 1. The molecule has 0 aliphatic carbocycles. The van der Waals surface area contributed by atoms with Gasteiger partial charge < -0.3 is 14.5 Å². The van der Waals surface area contributed by atoms with Crippen LogP contribution in [0.2, 0.25) is 0 Å². The summed E-state index contributed by atoms with van der Waals surface area (Å²) >= 11 is 0. The molecule has 5 heteroatoms. The highest BCUT2D eigenvalue weighted by atomic mass is 16.5. The van der Waals surface area contributed by atoms with Crippen molar-refractivity contribution in [1.82, 2.24) is 4.98 Å². The zero-order valence-electron chi connectivity index (χ0n) is 17.4. The van der Waals surface area contributed by atoms with Crippen molar-refractivity contribution in [1.29, 1.82) is 0 Å². The Morgan fingerprint density at radius 3 is 2.57 bits per heavy atom. The topological polar surface area (TPSA) is 64.4 Å². The maximum atomic E-state index is 12.5. The first kappa shape index (κ1) is 19.7. The van der Waals surface area contributed by atoms with E-state index < -0.39 is 0 Å². The monoisotopic (exact) mass is 400 g/mol. The number of benzene rings is 3. The van der Waals surface area contributed by atoms with Crippen molar-refractivity contribution in [2.45, 2.75) is 27.2 Å². The Morgan fingerprint density at radius 2 is 1.80 bits per heavy atom. The van der Waals surface area contributed by atoms with Gasteiger partial charge in [0.25, 0.3) is 5.91 Å². The molecule has 0 unspecified atom stereocenters. The minimum Gasteiger partial charge on any atom is -0.494 e. The number of amides is 1. The molecule has 5 nitrogen and oxygen atoms in total. The summed E-state index contributed by atoms with van der Waals surface area (Å²) in [5, 5.41) is 2.92. The summed E-state index contributed by atoms with van der Waals surface area (Å²) in [5.74, 6) is 1.19. The highest BCUT2D eigenvalue weighted by Crippen LogP contribution is 2.22. The van der Waals surface area contributed by atoms with Gasteiger partial charge in [-0.25, -0.2) is 4.98 Å². The first-order valence-corrected chi connectivity index (χ1v) is 10.0. The van der Waals surface area contributed by atoms with Crippen LogP contribution in [-0.4, -0.2) is 17.5 Å². The van der Waals surface area contributed by atoms with Gasteiger partial charge in [0.1, 0.15) is 11.3 Å². The van der Waals surface area contributed by atoms with E-state index in [1.54, 1.807) is 12.1 Å². The Hall–Kier alpha value is -3.60. The van der Waals surface area contributed by atoms with Gasteiger partial charge in [0.05, 0.1) is 6.61 Å². The van der Waals surface area contributed by atoms with Crippen LogP contribution >= 0.6 is 0 Å². The van der Waals surface area contributed by atoms with E-state index in [1.165, 1.54) is 11.1 Å². The minimum atomic E-state index is -0.172. The number of carbonyl (C=O) groups is 1. The number of hydrogen-bond acceptors (Lipinski definition) is 4. The molecule has 0 fully saturated rings. The van der Waals surface area contributed by atoms with E-state index in [-0.39, 0.29) is 5.91 Å². The number of hydrogen-bond donors (Lipinski definition) is 1. The van der Waals surface area contributed by atoms with Crippen molar-refractivity contribution in [3.63, 3.8) is 0 Å². The van der Waals surface area contributed by atoms with Gasteiger partial charge in [-0.2, -0.15) is 0 Å². The number of aryl methyl sites for hydroxylation is 2. The molecule has 3 aromatic carbocycles. The van der Waals surface area contributed by atoms with Gasteiger partial charge in [0, 0.05) is 17.7 Å². The van der Waals surface area contributed by atoms with Gasteiger partial charge >= 0.3 is 0 Å². The second-order valence-electron chi connectivity index (χ2n) is 7.30. The summed E-state index contributed by atoms with van der Waals surface area (Å²) in [7, 11) is 0. The van der Waals surface area contributed by atoms with Gasteiger partial charge in [-0.15, -0.1) is 0 Å². The standard InChI is InChI=1S/C25H24N2O3/c1-4-29-21-7-5-6-19(15-21)25(28)26-20-10-8-18(9-11-20)14-24-27-22-12-16(2)17(3)13-23(22)30-24/h5-13,15H,4,14H2,1-3H3,(H,26,28). The molecule has 4 rings (SSSR count). The Labute approximate surface area is 175 Å². The number of ether oxygens (including phenoxy) is 1. The third kappa shape index (κ3) is 4.35. The molecule has 0 aliphatic rings. The smallest absolute Gasteiger partial charge is 0.255 e. The summed E-state index contributed by atoms with van der Waals surface area (Å²) in [4.78, 5) is 17.1. The van der Waals surface area contributed by atoms with Crippen molar-refractivity contribution in [2.75, 3.05) is 11.9 Å². The fraction of sp³-hybridized carbons (Fsp3) is 0.200. The highest BCUT2D eigenvalue weighted by Gasteiger charge is 2.10. The van der Waals surface area contributed by atoms with Crippen LogP contribution in [0.3, 0.4) is 0 Å². The predicted molar refractivity (Wildman–Crippen MR) is 118 cm³/mol. The van der Waals surface area contributed by atoms with E-state index in [1.807, 2.05) is 49.4 Å². The number of nitrogens with zero attached hydrogens (tertiary/aromatic N) is 1. The second kappa shape index (κ2) is 8.41. The van der Waals surface area contributed by atoms with Gasteiger partial charge in [-0.3, -0.25) is 4.79 Å². The van der Waals surface area contributed by atoms with Crippen LogP contribution in [0.1, 0.15) is 39.9 Å². The lowest BCUT2D eigenvalue weighted by Gasteiger charge is -2.08. The highest BCUT2D eigenvalue weighted by molar-refractivity contribution is 6.04. The van der Waals surface area contributed by atoms with Crippen LogP contribution < -0.4 is 10.1 Å². The summed E-state index contributed by atoms with van der Waals surface area (Å²) in [6.45, 7) is 6.61. The van der Waals surface area contributed by atoms with Crippen LogP contribution in [0, 0.1) is 13.8 Å². The molecule has 0 radical (unpaired) electrons. The Balaban J connectivity index is 1.44. The van der Waals surface area contributed by atoms with Gasteiger partial charge in [-0.05, 0) is 79.9 Å². The molecule has 0 spiro atoms. The first-order valence-electron chi connectivity index (χ1n) is 10.0. The van der Waals surface area contributed by atoms with Gasteiger partial charge in [0.2, 0.25) is 0 Å². The molecule has 0 bridgehead atoms. The van der Waals surface area contributed by atoms with Gasteiger partial charge in [-0.1, -0.05) is 18.2 Å². The lowest BCUT2D eigenvalue weighted by atomic mass is 10.1. The summed E-state index contributed by atoms with van der Waals surface area (Å²) in [6, 6.07) is 18.9. The zero-order chi connectivity index (χ0) is 21.1. The molecule has 4 aromatic rings. The second-order valence-corrected chi connectivity index (χ2v) is 7.30. The van der Waals surface area contributed by atoms with Crippen molar-refractivity contribution in [3.05, 3.63) is 88.8 Å². The number of anilines is 1. The van der Waals surface area contributed by atoms with Crippen LogP contribution in [0.5, 0.6) is 5.75 Å². The lowest BCUT2D eigenvalue weighted by Crippen LogP contribution is -2.12. The first-order chi connectivity index (χ1) is 14.5. The number of fused-ring (bicyclic) bond motifs is 1. The third-order valence-electron chi connectivity index (χ3n) is 5.02. The Kier molecular flexibility index (Phi) is 5.53. The number of oxazole rings is 1. The average molecular weight is 400 g/mol. The fourth-order valence-electron chi connectivity index (χ4n) is 3.28. The third-order valence-corrected chi connectivity index (χ3v) is 5.02. The molecular weight excluding hydrogens is 376 g/mol. The molecule has 0 saturated carbocycles. The van der Waals surface area contributed by atoms with E-state index in [0.29, 0.717) is 30.2 Å². The number of rotatable bonds is 6. The summed E-state index contributed by atoms with van der Waals surface area (Å²) < 4.78 is 11.4. The maximum absolute atomic E-state index is 12.5. The molecule has 1 amide bonds. The van der Waals surface area contributed by atoms with Crippen LogP contribution in [-0.2, 0) is 6.42 Å². The maximum Gasteiger partial charge on any atom is 0.255 e. The van der Waals surface area contributed by atoms with E-state index >= 15 is 0 Å². The lowest BCUT2D eigenvalue weighted by molar-refractivity contribution is 0.102. The fourth-order valence-corrected chi connectivity index (χ4v) is 3.28. The van der Waals surface area contributed by atoms with Crippen molar-refractivity contribution in [3.8, 4) is 5.75 Å². The normalized spacial score (nSPS) is 10.9. The van der Waals surface area contributed by atoms with E-state index in [4.69, 9.17) is 9.15 Å². The molecule has 0 saturated heterocycles. The quantitative estimate of drug-likeness (QED) is 0.452. The van der Waals surface area contributed by atoms with E-state index in [2.05, 4.69) is 30.2 Å². The molecule has 0 atom stereocenters. The molecule has 30 heavy (non-hydrogen) atoms. The SMILES string of the molecule is CCOc1cccc(C(=O)Nc2ccc(Cc3nc4cc(C)c(C)cc4o3)cc2)c1. The van der Waals surface area contributed by atoms with E-state index in [0.717, 1.165) is 22.4 Å². The summed E-state index contributed by atoms with van der Waals surface area (Å²) in [6.07, 6.45) is 0.595. The predicted octanol–water partition coefficient (Wildman–Crippen LogP) is 5.69. The average Bonchev–Trinajstić information content (AvgIpc) is 3.11. The summed E-state index contributed by atoms with van der Waals surface area (Å²) in [5.41, 5.74) is 6.44. The Morgan fingerprint density at radius 1 is 1.03 bits per heavy atom. The molecule has 1 N–H and O–H groups in total. The molecule has 1 heterocycles. The number of nitrogens with one attached hydrogen (secondary N) is 1. The van der Waals surface area contributed by atoms with Crippen LogP contribution in [0.25, 0.3) is 11.1 Å². The zero-order valence-corrected chi connectivity index (χ0v) is 17.4. The molecule has 0 aliphatic heterocycles.